The van der Waals surface area contributed by atoms with Crippen LogP contribution >= 0.6 is 11.8 Å². The van der Waals surface area contributed by atoms with E-state index in [4.69, 9.17) is 5.11 Å². The molecule has 0 aromatic heterocycles. The summed E-state index contributed by atoms with van der Waals surface area (Å²) in [6.45, 7) is 3.88. The van der Waals surface area contributed by atoms with E-state index in [0.717, 1.165) is 17.9 Å². The normalized spacial score (nSPS) is 9.12. The third-order valence-electron chi connectivity index (χ3n) is 0.702. The van der Waals surface area contributed by atoms with E-state index in [-0.39, 0.29) is 0 Å². The lowest BCUT2D eigenvalue weighted by molar-refractivity contribution is 0.322. The average Bonchev–Trinajstić information content (AvgIpc) is 1.81. The molecule has 0 amide bonds. The Morgan fingerprint density at radius 1 is 1.50 bits per heavy atom. The summed E-state index contributed by atoms with van der Waals surface area (Å²) in [5.41, 5.74) is 0. The van der Waals surface area contributed by atoms with Gasteiger partial charge in [-0.05, 0) is 12.2 Å². The fourth-order valence-corrected chi connectivity index (χ4v) is 1.000. The van der Waals surface area contributed by atoms with Gasteiger partial charge in [0.1, 0.15) is 0 Å². The molecule has 0 rings (SSSR count). The average molecular weight is 132 g/mol. The van der Waals surface area contributed by atoms with Crippen molar-refractivity contribution in [3.05, 3.63) is 12.7 Å². The SMILES string of the molecule is C=CCCSCCO. The van der Waals surface area contributed by atoms with Crippen LogP contribution in [-0.2, 0) is 0 Å². The lowest BCUT2D eigenvalue weighted by Gasteiger charge is -1.92. The molecule has 1 nitrogen and oxygen atoms in total. The van der Waals surface area contributed by atoms with E-state index in [1.807, 2.05) is 6.08 Å². The van der Waals surface area contributed by atoms with E-state index < -0.39 is 0 Å². The Morgan fingerprint density at radius 3 is 2.75 bits per heavy atom. The van der Waals surface area contributed by atoms with Crippen LogP contribution in [0.4, 0.5) is 0 Å². The van der Waals surface area contributed by atoms with E-state index in [9.17, 15) is 0 Å². The predicted molar refractivity (Wildman–Crippen MR) is 39.2 cm³/mol. The van der Waals surface area contributed by atoms with E-state index in [2.05, 4.69) is 6.58 Å². The van der Waals surface area contributed by atoms with Gasteiger partial charge in [0.2, 0.25) is 0 Å². The Bertz CT molecular complexity index is 54.5. The largest absolute Gasteiger partial charge is 0.396 e. The first kappa shape index (κ1) is 8.05. The maximum absolute atomic E-state index is 8.32. The Morgan fingerprint density at radius 2 is 2.25 bits per heavy atom. The molecule has 0 aromatic rings. The van der Waals surface area contributed by atoms with Crippen LogP contribution in [0.3, 0.4) is 0 Å². The van der Waals surface area contributed by atoms with Crippen molar-refractivity contribution in [3.63, 3.8) is 0 Å². The van der Waals surface area contributed by atoms with Crippen molar-refractivity contribution in [2.24, 2.45) is 0 Å². The first-order valence-corrected chi connectivity index (χ1v) is 3.86. The van der Waals surface area contributed by atoms with Gasteiger partial charge in [0, 0.05) is 5.75 Å². The zero-order chi connectivity index (χ0) is 6.24. The number of allylic oxidation sites excluding steroid dienone is 1. The molecular weight excluding hydrogens is 120 g/mol. The van der Waals surface area contributed by atoms with Crippen LogP contribution in [0.1, 0.15) is 6.42 Å². The zero-order valence-electron chi connectivity index (χ0n) is 4.97. The summed E-state index contributed by atoms with van der Waals surface area (Å²) in [7, 11) is 0. The summed E-state index contributed by atoms with van der Waals surface area (Å²) in [6.07, 6.45) is 2.94. The van der Waals surface area contributed by atoms with Crippen LogP contribution < -0.4 is 0 Å². The highest BCUT2D eigenvalue weighted by Gasteiger charge is 1.82. The number of hydrogen-bond acceptors (Lipinski definition) is 2. The molecule has 0 heterocycles. The van der Waals surface area contributed by atoms with Gasteiger partial charge in [-0.25, -0.2) is 0 Å². The second-order valence-electron chi connectivity index (χ2n) is 1.41. The number of rotatable bonds is 5. The molecule has 0 aliphatic carbocycles. The molecule has 0 aliphatic heterocycles. The van der Waals surface area contributed by atoms with Gasteiger partial charge < -0.3 is 5.11 Å². The molecule has 0 aromatic carbocycles. The molecule has 0 unspecified atom stereocenters. The van der Waals surface area contributed by atoms with E-state index >= 15 is 0 Å². The van der Waals surface area contributed by atoms with Crippen LogP contribution in [0.2, 0.25) is 0 Å². The number of aliphatic hydroxyl groups excluding tert-OH is 1. The fourth-order valence-electron chi connectivity index (χ4n) is 0.333. The highest BCUT2D eigenvalue weighted by atomic mass is 32.2. The minimum Gasteiger partial charge on any atom is -0.396 e. The summed E-state index contributed by atoms with van der Waals surface area (Å²) < 4.78 is 0. The summed E-state index contributed by atoms with van der Waals surface area (Å²) in [5.74, 6) is 1.94. The maximum atomic E-state index is 8.32. The molecule has 0 spiro atoms. The van der Waals surface area contributed by atoms with Gasteiger partial charge in [0.05, 0.1) is 6.61 Å². The highest BCUT2D eigenvalue weighted by molar-refractivity contribution is 7.99. The molecule has 0 saturated heterocycles. The first-order chi connectivity index (χ1) is 3.91. The molecule has 48 valence electrons. The van der Waals surface area contributed by atoms with Crippen molar-refractivity contribution in [2.75, 3.05) is 18.1 Å². The van der Waals surface area contributed by atoms with Gasteiger partial charge in [-0.2, -0.15) is 11.8 Å². The third kappa shape index (κ3) is 6.05. The van der Waals surface area contributed by atoms with Crippen molar-refractivity contribution in [3.8, 4) is 0 Å². The minimum absolute atomic E-state index is 0.293. The Balaban J connectivity index is 2.62. The van der Waals surface area contributed by atoms with Crippen molar-refractivity contribution < 1.29 is 5.11 Å². The quantitative estimate of drug-likeness (QED) is 0.449. The van der Waals surface area contributed by atoms with Crippen LogP contribution in [-0.4, -0.2) is 23.2 Å². The maximum Gasteiger partial charge on any atom is 0.0521 e. The van der Waals surface area contributed by atoms with E-state index in [1.54, 1.807) is 11.8 Å². The molecular formula is C6H12OS. The topological polar surface area (TPSA) is 20.2 Å². The monoisotopic (exact) mass is 132 g/mol. The molecule has 0 fully saturated rings. The van der Waals surface area contributed by atoms with Gasteiger partial charge in [0.15, 0.2) is 0 Å². The molecule has 0 bridgehead atoms. The molecule has 2 heteroatoms. The Hall–Kier alpha value is 0.0500. The predicted octanol–water partition coefficient (Wildman–Crippen LogP) is 1.29. The van der Waals surface area contributed by atoms with Gasteiger partial charge in [-0.3, -0.25) is 0 Å². The standard InChI is InChI=1S/C6H12OS/c1-2-3-5-8-6-4-7/h2,7H,1,3-6H2. The Labute approximate surface area is 54.8 Å². The second-order valence-corrected chi connectivity index (χ2v) is 2.64. The highest BCUT2D eigenvalue weighted by Crippen LogP contribution is 2.00. The molecule has 8 heavy (non-hydrogen) atoms. The van der Waals surface area contributed by atoms with Gasteiger partial charge in [-0.15, -0.1) is 6.58 Å². The number of hydrogen-bond donors (Lipinski definition) is 1. The summed E-state index contributed by atoms with van der Waals surface area (Å²) in [6, 6.07) is 0. The fraction of sp³-hybridized carbons (Fsp3) is 0.667. The minimum atomic E-state index is 0.293. The second kappa shape index (κ2) is 7.05. The van der Waals surface area contributed by atoms with Crippen LogP contribution in [0.5, 0.6) is 0 Å². The third-order valence-corrected chi connectivity index (χ3v) is 1.70. The van der Waals surface area contributed by atoms with Gasteiger partial charge in [0.25, 0.3) is 0 Å². The van der Waals surface area contributed by atoms with Crippen molar-refractivity contribution in [2.45, 2.75) is 6.42 Å². The zero-order valence-corrected chi connectivity index (χ0v) is 5.78. The van der Waals surface area contributed by atoms with Crippen molar-refractivity contribution in [1.82, 2.24) is 0 Å². The summed E-state index contributed by atoms with van der Waals surface area (Å²) in [5, 5.41) is 8.32. The smallest absolute Gasteiger partial charge is 0.0521 e. The lowest BCUT2D eigenvalue weighted by atomic mass is 10.5. The number of thioether (sulfide) groups is 1. The molecule has 0 radical (unpaired) electrons. The van der Waals surface area contributed by atoms with Crippen LogP contribution in [0.25, 0.3) is 0 Å². The number of aliphatic hydroxyl groups is 1. The summed E-state index contributed by atoms with van der Waals surface area (Å²) in [4.78, 5) is 0. The van der Waals surface area contributed by atoms with Crippen LogP contribution in [0.15, 0.2) is 12.7 Å². The molecule has 0 aliphatic rings. The summed E-state index contributed by atoms with van der Waals surface area (Å²) >= 11 is 1.76. The lowest BCUT2D eigenvalue weighted by Crippen LogP contribution is -1.86. The van der Waals surface area contributed by atoms with Gasteiger partial charge >= 0.3 is 0 Å². The molecule has 0 saturated carbocycles. The Kier molecular flexibility index (Phi) is 7.09. The van der Waals surface area contributed by atoms with Crippen molar-refractivity contribution >= 4 is 11.8 Å². The van der Waals surface area contributed by atoms with Crippen LogP contribution in [0, 0.1) is 0 Å². The van der Waals surface area contributed by atoms with E-state index in [0.29, 0.717) is 6.61 Å². The van der Waals surface area contributed by atoms with Gasteiger partial charge in [-0.1, -0.05) is 6.08 Å². The first-order valence-electron chi connectivity index (χ1n) is 2.71. The van der Waals surface area contributed by atoms with E-state index in [1.165, 1.54) is 0 Å². The molecule has 1 N–H and O–H groups in total. The molecule has 0 atom stereocenters. The van der Waals surface area contributed by atoms with Crippen molar-refractivity contribution in [1.29, 1.82) is 0 Å².